The summed E-state index contributed by atoms with van der Waals surface area (Å²) < 4.78 is 5.79. The molecule has 218 valence electrons. The molecule has 8 heteroatoms. The second-order valence-corrected chi connectivity index (χ2v) is 15.0. The first-order valence-electron chi connectivity index (χ1n) is 13.5. The van der Waals surface area contributed by atoms with Crippen LogP contribution in [0, 0.1) is 21.7 Å². The molecule has 1 rings (SSSR count). The molecule has 0 aromatic carbocycles. The van der Waals surface area contributed by atoms with Gasteiger partial charge in [-0.25, -0.2) is 0 Å². The zero-order valence-electron chi connectivity index (χ0n) is 24.8. The van der Waals surface area contributed by atoms with Gasteiger partial charge in [-0.2, -0.15) is 0 Å². The number of aliphatic hydroxyl groups is 5. The van der Waals surface area contributed by atoms with Crippen LogP contribution in [0.5, 0.6) is 0 Å². The summed E-state index contributed by atoms with van der Waals surface area (Å²) in [5, 5.41) is 55.0. The summed E-state index contributed by atoms with van der Waals surface area (Å²) in [6, 6.07) is -0.845. The minimum Gasteiger partial charge on any atom is -0.392 e. The number of amides is 1. The third kappa shape index (κ3) is 12.1. The van der Waals surface area contributed by atoms with Crippen molar-refractivity contribution < 1.29 is 35.1 Å². The third-order valence-electron chi connectivity index (χ3n) is 6.81. The Hall–Kier alpha value is -1.03. The molecule has 0 fully saturated rings. The summed E-state index contributed by atoms with van der Waals surface area (Å²) in [5.74, 6) is -0.236. The molecule has 1 amide bonds. The highest BCUT2D eigenvalue weighted by Crippen LogP contribution is 2.38. The maximum absolute atomic E-state index is 13.1. The molecule has 7 unspecified atom stereocenters. The van der Waals surface area contributed by atoms with E-state index in [2.05, 4.69) is 46.9 Å². The SMILES string of the molecule is CC(C)(C)CC(C)(C)CC(=O)NC(COC1C=CC(O)C(O)C1O)C(O)CC(O)C(C)(C)CC(C)(C)C. The van der Waals surface area contributed by atoms with E-state index < -0.39 is 48.1 Å². The van der Waals surface area contributed by atoms with E-state index in [4.69, 9.17) is 4.74 Å². The molecule has 1 aliphatic carbocycles. The Kier molecular flexibility index (Phi) is 11.8. The third-order valence-corrected chi connectivity index (χ3v) is 6.81. The number of ether oxygens (including phenoxy) is 1. The minimum absolute atomic E-state index is 0.0142. The summed E-state index contributed by atoms with van der Waals surface area (Å²) in [7, 11) is 0. The highest BCUT2D eigenvalue weighted by molar-refractivity contribution is 5.77. The van der Waals surface area contributed by atoms with Crippen LogP contribution in [0.3, 0.4) is 0 Å². The number of carbonyl (C=O) groups is 1. The lowest BCUT2D eigenvalue weighted by molar-refractivity contribution is -0.130. The van der Waals surface area contributed by atoms with Crippen molar-refractivity contribution in [2.75, 3.05) is 6.61 Å². The van der Waals surface area contributed by atoms with E-state index in [1.54, 1.807) is 0 Å². The first-order chi connectivity index (χ1) is 16.5. The number of carbonyl (C=O) groups excluding carboxylic acids is 1. The number of rotatable bonds is 12. The normalized spacial score (nSPS) is 26.0. The van der Waals surface area contributed by atoms with Gasteiger partial charge in [0.05, 0.1) is 24.9 Å². The van der Waals surface area contributed by atoms with Crippen LogP contribution in [0.1, 0.15) is 94.9 Å². The Morgan fingerprint density at radius 3 is 1.92 bits per heavy atom. The molecule has 0 aromatic rings. The van der Waals surface area contributed by atoms with Crippen LogP contribution in [0.2, 0.25) is 0 Å². The fourth-order valence-electron chi connectivity index (χ4n) is 5.85. The van der Waals surface area contributed by atoms with E-state index in [1.165, 1.54) is 12.2 Å². The Morgan fingerprint density at radius 1 is 0.865 bits per heavy atom. The topological polar surface area (TPSA) is 139 Å². The summed E-state index contributed by atoms with van der Waals surface area (Å²) in [6.45, 7) is 20.5. The van der Waals surface area contributed by atoms with Gasteiger partial charge in [-0.15, -0.1) is 0 Å². The van der Waals surface area contributed by atoms with Crippen LogP contribution in [0.25, 0.3) is 0 Å². The minimum atomic E-state index is -1.40. The molecule has 7 atom stereocenters. The molecule has 0 spiro atoms. The molecule has 0 saturated heterocycles. The van der Waals surface area contributed by atoms with Gasteiger partial charge in [0.25, 0.3) is 0 Å². The number of hydrogen-bond acceptors (Lipinski definition) is 7. The lowest BCUT2D eigenvalue weighted by atomic mass is 9.71. The monoisotopic (exact) mass is 529 g/mol. The molecular weight excluding hydrogens is 474 g/mol. The fourth-order valence-corrected chi connectivity index (χ4v) is 5.85. The number of aliphatic hydroxyl groups excluding tert-OH is 5. The van der Waals surface area contributed by atoms with Gasteiger partial charge in [0.15, 0.2) is 0 Å². The average molecular weight is 530 g/mol. The van der Waals surface area contributed by atoms with Gasteiger partial charge in [0.2, 0.25) is 5.91 Å². The van der Waals surface area contributed by atoms with Crippen molar-refractivity contribution in [1.29, 1.82) is 0 Å². The molecule has 37 heavy (non-hydrogen) atoms. The lowest BCUT2D eigenvalue weighted by Gasteiger charge is -2.38. The first-order valence-corrected chi connectivity index (χ1v) is 13.5. The van der Waals surface area contributed by atoms with Crippen LogP contribution in [-0.4, -0.2) is 80.7 Å². The summed E-state index contributed by atoms with van der Waals surface area (Å²) in [4.78, 5) is 13.1. The molecule has 0 aromatic heterocycles. The molecule has 0 radical (unpaired) electrons. The Labute approximate surface area is 224 Å². The van der Waals surface area contributed by atoms with Crippen LogP contribution in [-0.2, 0) is 9.53 Å². The second-order valence-electron chi connectivity index (χ2n) is 15.0. The highest BCUT2D eigenvalue weighted by Gasteiger charge is 2.38. The smallest absolute Gasteiger partial charge is 0.220 e. The van der Waals surface area contributed by atoms with E-state index in [1.807, 2.05) is 27.7 Å². The molecular formula is C29H55NO7. The fraction of sp³-hybridized carbons (Fsp3) is 0.897. The van der Waals surface area contributed by atoms with Crippen molar-refractivity contribution >= 4 is 5.91 Å². The van der Waals surface area contributed by atoms with E-state index in [0.717, 1.165) is 12.8 Å². The maximum atomic E-state index is 13.1. The van der Waals surface area contributed by atoms with Gasteiger partial charge >= 0.3 is 0 Å². The molecule has 1 aliphatic rings. The molecule has 0 heterocycles. The van der Waals surface area contributed by atoms with Crippen LogP contribution < -0.4 is 5.32 Å². The van der Waals surface area contributed by atoms with Crippen molar-refractivity contribution in [1.82, 2.24) is 5.32 Å². The lowest BCUT2D eigenvalue weighted by Crippen LogP contribution is -2.52. The quantitative estimate of drug-likeness (QED) is 0.214. The van der Waals surface area contributed by atoms with Gasteiger partial charge in [-0.05, 0) is 34.5 Å². The number of nitrogens with one attached hydrogen (secondary N) is 1. The first kappa shape index (κ1) is 34.0. The van der Waals surface area contributed by atoms with E-state index in [-0.39, 0.29) is 41.6 Å². The summed E-state index contributed by atoms with van der Waals surface area (Å²) >= 11 is 0. The highest BCUT2D eigenvalue weighted by atomic mass is 16.5. The van der Waals surface area contributed by atoms with Gasteiger partial charge in [0, 0.05) is 12.8 Å². The average Bonchev–Trinajstić information content (AvgIpc) is 2.66. The summed E-state index contributed by atoms with van der Waals surface area (Å²) in [6.07, 6.45) is -2.12. The molecule has 8 nitrogen and oxygen atoms in total. The van der Waals surface area contributed by atoms with E-state index in [9.17, 15) is 30.3 Å². The zero-order valence-corrected chi connectivity index (χ0v) is 24.8. The predicted molar refractivity (Wildman–Crippen MR) is 146 cm³/mol. The van der Waals surface area contributed by atoms with Gasteiger partial charge in [-0.1, -0.05) is 81.4 Å². The van der Waals surface area contributed by atoms with Crippen molar-refractivity contribution in [2.24, 2.45) is 21.7 Å². The van der Waals surface area contributed by atoms with Gasteiger partial charge in [-0.3, -0.25) is 4.79 Å². The molecule has 0 aliphatic heterocycles. The van der Waals surface area contributed by atoms with E-state index >= 15 is 0 Å². The van der Waals surface area contributed by atoms with Crippen LogP contribution in [0.15, 0.2) is 12.2 Å². The standard InChI is InChI=1S/C29H55NO7/c1-26(2,3)16-28(7,8)14-23(34)30-18(15-37-21-12-11-19(31)24(35)25(21)36)20(32)13-22(33)29(9,10)17-27(4,5)6/h11-12,18-22,24-25,31-33,35-36H,13-17H2,1-10H3,(H,30,34). The Bertz CT molecular complexity index is 750. The van der Waals surface area contributed by atoms with Crippen molar-refractivity contribution in [3.8, 4) is 0 Å². The second kappa shape index (κ2) is 12.9. The predicted octanol–water partition coefficient (Wildman–Crippen LogP) is 2.94. The number of hydrogen-bond donors (Lipinski definition) is 6. The van der Waals surface area contributed by atoms with Crippen LogP contribution in [0.4, 0.5) is 0 Å². The van der Waals surface area contributed by atoms with Gasteiger partial charge in [0.1, 0.15) is 24.4 Å². The van der Waals surface area contributed by atoms with Crippen LogP contribution >= 0.6 is 0 Å². The molecule has 6 N–H and O–H groups in total. The molecule has 0 saturated carbocycles. The van der Waals surface area contributed by atoms with Crippen molar-refractivity contribution in [3.05, 3.63) is 12.2 Å². The zero-order chi connectivity index (χ0) is 29.0. The Morgan fingerprint density at radius 2 is 1.41 bits per heavy atom. The van der Waals surface area contributed by atoms with Crippen molar-refractivity contribution in [3.63, 3.8) is 0 Å². The largest absolute Gasteiger partial charge is 0.392 e. The van der Waals surface area contributed by atoms with E-state index in [0.29, 0.717) is 0 Å². The van der Waals surface area contributed by atoms with Gasteiger partial charge < -0.3 is 35.6 Å². The molecule has 0 bridgehead atoms. The summed E-state index contributed by atoms with van der Waals surface area (Å²) in [5.41, 5.74) is -0.704. The maximum Gasteiger partial charge on any atom is 0.220 e. The Balaban J connectivity index is 3.01. The van der Waals surface area contributed by atoms with Crippen molar-refractivity contribution in [2.45, 2.75) is 138 Å².